The molecule has 1 aliphatic heterocycles. The molecule has 33 heavy (non-hydrogen) atoms. The fourth-order valence-corrected chi connectivity index (χ4v) is 6.40. The Morgan fingerprint density at radius 2 is 1.36 bits per heavy atom. The molecular formula is C24H28N2O5S2. The van der Waals surface area contributed by atoms with E-state index < -0.39 is 19.7 Å². The van der Waals surface area contributed by atoms with Crippen molar-refractivity contribution >= 4 is 25.6 Å². The summed E-state index contributed by atoms with van der Waals surface area (Å²) in [6.07, 6.45) is 2.93. The molecule has 0 amide bonds. The van der Waals surface area contributed by atoms with Gasteiger partial charge in [0.15, 0.2) is 15.7 Å². The molecule has 1 aromatic heterocycles. The third-order valence-electron chi connectivity index (χ3n) is 5.82. The van der Waals surface area contributed by atoms with Gasteiger partial charge < -0.3 is 9.32 Å². The summed E-state index contributed by atoms with van der Waals surface area (Å²) in [6.45, 7) is 5.12. The molecule has 0 atom stereocenters. The van der Waals surface area contributed by atoms with E-state index in [1.165, 1.54) is 0 Å². The quantitative estimate of drug-likeness (QED) is 0.493. The predicted octanol–water partition coefficient (Wildman–Crippen LogP) is 4.13. The molecule has 7 nitrogen and oxygen atoms in total. The van der Waals surface area contributed by atoms with Crippen molar-refractivity contribution < 1.29 is 21.3 Å². The highest BCUT2D eigenvalue weighted by Gasteiger charge is 2.32. The average Bonchev–Trinajstić information content (AvgIpc) is 3.24. The molecule has 9 heteroatoms. The fourth-order valence-electron chi connectivity index (χ4n) is 3.83. The van der Waals surface area contributed by atoms with Crippen LogP contribution in [0.15, 0.2) is 67.8 Å². The van der Waals surface area contributed by atoms with Crippen molar-refractivity contribution in [1.29, 1.82) is 0 Å². The van der Waals surface area contributed by atoms with E-state index in [9.17, 15) is 16.8 Å². The molecule has 4 rings (SSSR count). The van der Waals surface area contributed by atoms with Gasteiger partial charge in [-0.2, -0.15) is 4.98 Å². The van der Waals surface area contributed by atoms with E-state index in [1.807, 2.05) is 18.7 Å². The summed E-state index contributed by atoms with van der Waals surface area (Å²) in [5.41, 5.74) is 1.92. The molecule has 0 aliphatic carbocycles. The van der Waals surface area contributed by atoms with E-state index in [0.717, 1.165) is 30.4 Å². The first-order chi connectivity index (χ1) is 15.7. The lowest BCUT2D eigenvalue weighted by Gasteiger charge is -2.26. The molecule has 1 aliphatic rings. The highest BCUT2D eigenvalue weighted by atomic mass is 32.2. The summed E-state index contributed by atoms with van der Waals surface area (Å²) < 4.78 is 58.3. The number of aromatic nitrogens is 1. The molecule has 3 aromatic rings. The molecule has 0 radical (unpaired) electrons. The van der Waals surface area contributed by atoms with Crippen LogP contribution in [0.1, 0.15) is 36.3 Å². The predicted molar refractivity (Wildman–Crippen MR) is 126 cm³/mol. The summed E-state index contributed by atoms with van der Waals surface area (Å²) in [4.78, 5) is 6.57. The molecule has 0 unspecified atom stereocenters. The van der Waals surface area contributed by atoms with Gasteiger partial charge in [-0.15, -0.1) is 0 Å². The number of sulfone groups is 2. The number of hydrogen-bond donors (Lipinski definition) is 0. The topological polar surface area (TPSA) is 97.5 Å². The van der Waals surface area contributed by atoms with Gasteiger partial charge in [-0.05, 0) is 57.4 Å². The van der Waals surface area contributed by atoms with Crippen molar-refractivity contribution in [3.05, 3.63) is 65.5 Å². The molecular weight excluding hydrogens is 460 g/mol. The number of nitrogens with zero attached hydrogens (tertiary/aromatic N) is 2. The molecule has 2 heterocycles. The summed E-state index contributed by atoms with van der Waals surface area (Å²) in [5, 5.41) is -0.143. The first-order valence-corrected chi connectivity index (χ1v) is 14.2. The Labute approximate surface area is 195 Å². The van der Waals surface area contributed by atoms with E-state index >= 15 is 0 Å². The molecule has 0 bridgehead atoms. The third kappa shape index (κ3) is 5.14. The fraction of sp³-hybridized carbons (Fsp3) is 0.375. The lowest BCUT2D eigenvalue weighted by molar-refractivity contribution is 0.465. The van der Waals surface area contributed by atoms with Crippen LogP contribution >= 0.6 is 0 Å². The maximum atomic E-state index is 13.4. The lowest BCUT2D eigenvalue weighted by atomic mass is 10.1. The van der Waals surface area contributed by atoms with Crippen molar-refractivity contribution in [3.63, 3.8) is 0 Å². The van der Waals surface area contributed by atoms with E-state index in [2.05, 4.69) is 4.98 Å². The van der Waals surface area contributed by atoms with Crippen molar-refractivity contribution in [3.8, 4) is 0 Å². The number of aryl methyl sites for hydroxylation is 3. The molecule has 1 saturated heterocycles. The highest BCUT2D eigenvalue weighted by molar-refractivity contribution is 7.91. The van der Waals surface area contributed by atoms with E-state index in [0.29, 0.717) is 13.1 Å². The monoisotopic (exact) mass is 488 g/mol. The molecule has 176 valence electrons. The Balaban J connectivity index is 1.66. The van der Waals surface area contributed by atoms with Gasteiger partial charge >= 0.3 is 0 Å². The van der Waals surface area contributed by atoms with Crippen molar-refractivity contribution in [2.75, 3.05) is 23.7 Å². The second-order valence-electron chi connectivity index (χ2n) is 8.46. The first kappa shape index (κ1) is 23.5. The maximum absolute atomic E-state index is 13.4. The van der Waals surface area contributed by atoms with Crippen LogP contribution < -0.4 is 4.90 Å². The summed E-state index contributed by atoms with van der Waals surface area (Å²) >= 11 is 0. The van der Waals surface area contributed by atoms with Crippen molar-refractivity contribution in [2.45, 2.75) is 54.3 Å². The summed E-state index contributed by atoms with van der Waals surface area (Å²) in [6, 6.07) is 13.2. The zero-order chi connectivity index (χ0) is 23.6. The van der Waals surface area contributed by atoms with Crippen LogP contribution in [0.25, 0.3) is 0 Å². The van der Waals surface area contributed by atoms with Gasteiger partial charge in [-0.25, -0.2) is 16.8 Å². The zero-order valence-corrected chi connectivity index (χ0v) is 20.5. The molecule has 0 N–H and O–H groups in total. The van der Waals surface area contributed by atoms with Crippen LogP contribution in [-0.2, 0) is 26.1 Å². The lowest BCUT2D eigenvalue weighted by Crippen LogP contribution is -2.30. The van der Waals surface area contributed by atoms with Gasteiger partial charge in [-0.1, -0.05) is 35.4 Å². The summed E-state index contributed by atoms with van der Waals surface area (Å²) in [7, 11) is -7.48. The van der Waals surface area contributed by atoms with Crippen LogP contribution in [0.2, 0.25) is 0 Å². The van der Waals surface area contributed by atoms with Crippen LogP contribution in [0.5, 0.6) is 0 Å². The Kier molecular flexibility index (Phi) is 6.63. The van der Waals surface area contributed by atoms with Crippen LogP contribution in [0.4, 0.5) is 5.88 Å². The smallest absolute Gasteiger partial charge is 0.236 e. The number of anilines is 1. The molecule has 0 saturated carbocycles. The zero-order valence-electron chi connectivity index (χ0n) is 18.8. The normalized spacial score (nSPS) is 15.0. The van der Waals surface area contributed by atoms with E-state index in [-0.39, 0.29) is 38.8 Å². The Hall–Kier alpha value is -2.65. The second kappa shape index (κ2) is 9.30. The minimum atomic E-state index is -3.92. The average molecular weight is 489 g/mol. The van der Waals surface area contributed by atoms with Gasteiger partial charge in [0.25, 0.3) is 0 Å². The van der Waals surface area contributed by atoms with Gasteiger partial charge in [0.1, 0.15) is 0 Å². The number of benzene rings is 2. The summed E-state index contributed by atoms with van der Waals surface area (Å²) in [5.74, 6) is 0.0926. The molecule has 2 aromatic carbocycles. The maximum Gasteiger partial charge on any atom is 0.236 e. The number of piperidine rings is 1. The SMILES string of the molecule is Cc1ccc(S(=O)(=O)CCc2nc(S(=O)(=O)c3ccc(C)cc3)c(N3CCCCC3)o2)cc1. The third-order valence-corrected chi connectivity index (χ3v) is 9.22. The Morgan fingerprint density at radius 3 is 1.94 bits per heavy atom. The van der Waals surface area contributed by atoms with Crippen LogP contribution in [0.3, 0.4) is 0 Å². The number of oxazole rings is 1. The minimum absolute atomic E-state index is 0.0134. The van der Waals surface area contributed by atoms with E-state index in [1.54, 1.807) is 48.5 Å². The van der Waals surface area contributed by atoms with E-state index in [4.69, 9.17) is 4.42 Å². The van der Waals surface area contributed by atoms with Crippen LogP contribution in [-0.4, -0.2) is 40.7 Å². The Bertz CT molecular complexity index is 1320. The number of hydrogen-bond acceptors (Lipinski definition) is 7. The minimum Gasteiger partial charge on any atom is -0.424 e. The first-order valence-electron chi connectivity index (χ1n) is 11.0. The largest absolute Gasteiger partial charge is 0.424 e. The van der Waals surface area contributed by atoms with Gasteiger partial charge in [0.2, 0.25) is 20.7 Å². The van der Waals surface area contributed by atoms with Gasteiger partial charge in [-0.3, -0.25) is 0 Å². The molecule has 1 fully saturated rings. The van der Waals surface area contributed by atoms with Crippen LogP contribution in [0, 0.1) is 13.8 Å². The Morgan fingerprint density at radius 1 is 0.818 bits per heavy atom. The molecule has 0 spiro atoms. The number of rotatable bonds is 7. The van der Waals surface area contributed by atoms with Crippen molar-refractivity contribution in [2.24, 2.45) is 0 Å². The highest BCUT2D eigenvalue weighted by Crippen LogP contribution is 2.33. The standard InChI is InChI=1S/C24H28N2O5S2/c1-18-6-10-20(11-7-18)32(27,28)17-14-22-25-23(24(31-22)26-15-4-3-5-16-26)33(29,30)21-12-8-19(2)9-13-21/h6-13H,3-5,14-17H2,1-2H3. The van der Waals surface area contributed by atoms with Crippen molar-refractivity contribution in [1.82, 2.24) is 4.98 Å². The van der Waals surface area contributed by atoms with Gasteiger partial charge in [0, 0.05) is 19.5 Å². The second-order valence-corrected chi connectivity index (χ2v) is 12.4. The van der Waals surface area contributed by atoms with Gasteiger partial charge in [0.05, 0.1) is 15.5 Å².